The smallest absolute Gasteiger partial charge is 0.212 e. The molecular formula is C9H10ClNO2S. The molecule has 1 unspecified atom stereocenters. The molecule has 1 atom stereocenters. The Balaban J connectivity index is 2.26. The molecule has 3 nitrogen and oxygen atoms in total. The molecule has 76 valence electrons. The van der Waals surface area contributed by atoms with Gasteiger partial charge in [0.15, 0.2) is 0 Å². The first-order valence-corrected chi connectivity index (χ1v) is 6.35. The standard InChI is InChI=1S/C9H10ClNO2S/c10-8-3-1-2-7(6-8)9-4-5-14(12,13)11-9/h1-3,6,9,11H,4-5H2. The molecule has 0 bridgehead atoms. The first-order chi connectivity index (χ1) is 6.57. The zero-order valence-electron chi connectivity index (χ0n) is 7.40. The second-order valence-corrected chi connectivity index (χ2v) is 5.64. The zero-order chi connectivity index (χ0) is 10.2. The summed E-state index contributed by atoms with van der Waals surface area (Å²) >= 11 is 5.82. The Hall–Kier alpha value is -0.580. The van der Waals surface area contributed by atoms with Crippen LogP contribution in [-0.2, 0) is 10.0 Å². The van der Waals surface area contributed by atoms with Crippen LogP contribution < -0.4 is 4.72 Å². The van der Waals surface area contributed by atoms with E-state index in [9.17, 15) is 8.42 Å². The third-order valence-corrected chi connectivity index (χ3v) is 3.90. The first kappa shape index (κ1) is 9.96. The van der Waals surface area contributed by atoms with E-state index in [0.717, 1.165) is 5.56 Å². The van der Waals surface area contributed by atoms with Crippen LogP contribution in [0, 0.1) is 0 Å². The van der Waals surface area contributed by atoms with Crippen molar-refractivity contribution in [2.24, 2.45) is 0 Å². The largest absolute Gasteiger partial charge is 0.212 e. The highest BCUT2D eigenvalue weighted by Crippen LogP contribution is 2.25. The summed E-state index contributed by atoms with van der Waals surface area (Å²) in [6, 6.07) is 7.15. The SMILES string of the molecule is O=S1(=O)CCC(c2cccc(Cl)c2)N1. The average Bonchev–Trinajstić information content (AvgIpc) is 2.46. The van der Waals surface area contributed by atoms with Crippen molar-refractivity contribution >= 4 is 21.6 Å². The quantitative estimate of drug-likeness (QED) is 0.800. The maximum atomic E-state index is 11.2. The van der Waals surface area contributed by atoms with E-state index in [0.29, 0.717) is 11.4 Å². The van der Waals surface area contributed by atoms with Crippen LogP contribution in [0.15, 0.2) is 24.3 Å². The van der Waals surface area contributed by atoms with Crippen LogP contribution in [0.5, 0.6) is 0 Å². The molecule has 5 heteroatoms. The number of benzene rings is 1. The van der Waals surface area contributed by atoms with Crippen molar-refractivity contribution in [1.29, 1.82) is 0 Å². The molecule has 1 aromatic carbocycles. The van der Waals surface area contributed by atoms with Gasteiger partial charge < -0.3 is 0 Å². The molecule has 1 aromatic rings. The lowest BCUT2D eigenvalue weighted by Crippen LogP contribution is -2.19. The third-order valence-electron chi connectivity index (χ3n) is 2.25. The van der Waals surface area contributed by atoms with Crippen molar-refractivity contribution in [2.45, 2.75) is 12.5 Å². The summed E-state index contributed by atoms with van der Waals surface area (Å²) in [6.07, 6.45) is 0.614. The lowest BCUT2D eigenvalue weighted by Gasteiger charge is -2.08. The van der Waals surface area contributed by atoms with Crippen molar-refractivity contribution in [3.05, 3.63) is 34.9 Å². The minimum atomic E-state index is -3.05. The van der Waals surface area contributed by atoms with Crippen molar-refractivity contribution in [3.63, 3.8) is 0 Å². The van der Waals surface area contributed by atoms with Crippen LogP contribution in [0.4, 0.5) is 0 Å². The fourth-order valence-corrected chi connectivity index (χ4v) is 3.12. The molecular weight excluding hydrogens is 222 g/mol. The summed E-state index contributed by atoms with van der Waals surface area (Å²) in [5.41, 5.74) is 0.929. The Labute approximate surface area is 88.1 Å². The van der Waals surface area contributed by atoms with Crippen LogP contribution in [0.3, 0.4) is 0 Å². The summed E-state index contributed by atoms with van der Waals surface area (Å²) in [5, 5.41) is 0.633. The number of halogens is 1. The molecule has 1 saturated heterocycles. The Morgan fingerprint density at radius 1 is 1.43 bits per heavy atom. The van der Waals surface area contributed by atoms with Gasteiger partial charge in [-0.2, -0.15) is 0 Å². The molecule has 1 aliphatic heterocycles. The van der Waals surface area contributed by atoms with Crippen LogP contribution in [-0.4, -0.2) is 14.2 Å². The van der Waals surface area contributed by atoms with E-state index in [2.05, 4.69) is 4.72 Å². The van der Waals surface area contributed by atoms with Gasteiger partial charge in [-0.3, -0.25) is 0 Å². The van der Waals surface area contributed by atoms with E-state index in [1.807, 2.05) is 12.1 Å². The van der Waals surface area contributed by atoms with Gasteiger partial charge in [0.1, 0.15) is 0 Å². The maximum absolute atomic E-state index is 11.2. The van der Waals surface area contributed by atoms with Gasteiger partial charge >= 0.3 is 0 Å². The molecule has 0 spiro atoms. The van der Waals surface area contributed by atoms with Gasteiger partial charge in [-0.05, 0) is 24.1 Å². The van der Waals surface area contributed by atoms with Crippen LogP contribution in [0.25, 0.3) is 0 Å². The fraction of sp³-hybridized carbons (Fsp3) is 0.333. The predicted octanol–water partition coefficient (Wildman–Crippen LogP) is 1.70. The van der Waals surface area contributed by atoms with Crippen molar-refractivity contribution in [1.82, 2.24) is 4.72 Å². The number of hydrogen-bond donors (Lipinski definition) is 1. The molecule has 1 N–H and O–H groups in total. The lowest BCUT2D eigenvalue weighted by molar-refractivity contribution is 0.586. The van der Waals surface area contributed by atoms with Gasteiger partial charge in [-0.1, -0.05) is 23.7 Å². The Kier molecular flexibility index (Phi) is 2.51. The number of hydrogen-bond acceptors (Lipinski definition) is 2. The first-order valence-electron chi connectivity index (χ1n) is 4.32. The molecule has 0 amide bonds. The van der Waals surface area contributed by atoms with Gasteiger partial charge in [0.2, 0.25) is 10.0 Å². The minimum absolute atomic E-state index is 0.112. The molecule has 1 heterocycles. The molecule has 0 saturated carbocycles. The summed E-state index contributed by atoms with van der Waals surface area (Å²) in [7, 11) is -3.05. The highest BCUT2D eigenvalue weighted by Gasteiger charge is 2.27. The molecule has 14 heavy (non-hydrogen) atoms. The monoisotopic (exact) mass is 231 g/mol. The highest BCUT2D eigenvalue weighted by atomic mass is 35.5. The summed E-state index contributed by atoms with van der Waals surface area (Å²) in [5.74, 6) is 0.199. The van der Waals surface area contributed by atoms with Crippen LogP contribution >= 0.6 is 11.6 Å². The molecule has 0 aromatic heterocycles. The fourth-order valence-electron chi connectivity index (χ4n) is 1.57. The maximum Gasteiger partial charge on any atom is 0.212 e. The number of nitrogens with one attached hydrogen (secondary N) is 1. The Morgan fingerprint density at radius 2 is 2.21 bits per heavy atom. The van der Waals surface area contributed by atoms with E-state index in [4.69, 9.17) is 11.6 Å². The third kappa shape index (κ3) is 2.08. The molecule has 0 aliphatic carbocycles. The topological polar surface area (TPSA) is 46.2 Å². The van der Waals surface area contributed by atoms with Gasteiger partial charge in [-0.15, -0.1) is 0 Å². The van der Waals surface area contributed by atoms with Crippen molar-refractivity contribution in [2.75, 3.05) is 5.75 Å². The lowest BCUT2D eigenvalue weighted by atomic mass is 10.1. The number of sulfonamides is 1. The van der Waals surface area contributed by atoms with Crippen LogP contribution in [0.2, 0.25) is 5.02 Å². The van der Waals surface area contributed by atoms with Crippen LogP contribution in [0.1, 0.15) is 18.0 Å². The Morgan fingerprint density at radius 3 is 2.79 bits per heavy atom. The molecule has 2 rings (SSSR count). The Bertz CT molecular complexity index is 444. The van der Waals surface area contributed by atoms with Crippen molar-refractivity contribution < 1.29 is 8.42 Å². The van der Waals surface area contributed by atoms with E-state index >= 15 is 0 Å². The summed E-state index contributed by atoms with van der Waals surface area (Å²) < 4.78 is 24.9. The van der Waals surface area contributed by atoms with E-state index < -0.39 is 10.0 Å². The van der Waals surface area contributed by atoms with Crippen molar-refractivity contribution in [3.8, 4) is 0 Å². The molecule has 0 radical (unpaired) electrons. The minimum Gasteiger partial charge on any atom is -0.212 e. The van der Waals surface area contributed by atoms with Gasteiger partial charge in [-0.25, -0.2) is 13.1 Å². The highest BCUT2D eigenvalue weighted by molar-refractivity contribution is 7.89. The van der Waals surface area contributed by atoms with E-state index in [1.165, 1.54) is 0 Å². The van der Waals surface area contributed by atoms with E-state index in [1.54, 1.807) is 12.1 Å². The normalized spacial score (nSPS) is 25.1. The molecule has 1 aliphatic rings. The second kappa shape index (κ2) is 3.53. The van der Waals surface area contributed by atoms with Gasteiger partial charge in [0.25, 0.3) is 0 Å². The van der Waals surface area contributed by atoms with Gasteiger partial charge in [0.05, 0.1) is 5.75 Å². The predicted molar refractivity (Wildman–Crippen MR) is 55.7 cm³/mol. The number of rotatable bonds is 1. The molecule has 1 fully saturated rings. The van der Waals surface area contributed by atoms with Gasteiger partial charge in [0, 0.05) is 11.1 Å². The summed E-state index contributed by atoms with van der Waals surface area (Å²) in [6.45, 7) is 0. The summed E-state index contributed by atoms with van der Waals surface area (Å²) in [4.78, 5) is 0. The average molecular weight is 232 g/mol. The zero-order valence-corrected chi connectivity index (χ0v) is 8.98. The second-order valence-electron chi connectivity index (χ2n) is 3.33. The van der Waals surface area contributed by atoms with E-state index in [-0.39, 0.29) is 11.8 Å².